The van der Waals surface area contributed by atoms with Crippen LogP contribution in [0.3, 0.4) is 0 Å². The zero-order valence-corrected chi connectivity index (χ0v) is 15.2. The van der Waals surface area contributed by atoms with Gasteiger partial charge >= 0.3 is 0 Å². The quantitative estimate of drug-likeness (QED) is 0.792. The van der Waals surface area contributed by atoms with Gasteiger partial charge in [0.25, 0.3) is 0 Å². The Morgan fingerprint density at radius 2 is 1.93 bits per heavy atom. The van der Waals surface area contributed by atoms with Crippen molar-refractivity contribution in [3.63, 3.8) is 0 Å². The summed E-state index contributed by atoms with van der Waals surface area (Å²) >= 11 is 0. The number of amides is 2. The molecule has 1 heterocycles. The minimum atomic E-state index is -0.751. The average Bonchev–Trinajstić information content (AvgIpc) is 3.08. The molecule has 1 unspecified atom stereocenters. The number of nitrogens with zero attached hydrogens (tertiary/aromatic N) is 1. The fraction of sp³-hybridized carbons (Fsp3) is 0.300. The molecule has 7 heteroatoms. The maximum atomic E-state index is 13.1. The van der Waals surface area contributed by atoms with E-state index in [1.54, 1.807) is 32.4 Å². The Bertz CT molecular complexity index is 838. The Morgan fingerprint density at radius 3 is 2.59 bits per heavy atom. The fourth-order valence-corrected chi connectivity index (χ4v) is 3.10. The summed E-state index contributed by atoms with van der Waals surface area (Å²) in [5.74, 6) is -0.473. The number of halogens is 1. The molecule has 142 valence electrons. The molecular weight excluding hydrogens is 351 g/mol. The van der Waals surface area contributed by atoms with Crippen LogP contribution >= 0.6 is 0 Å². The van der Waals surface area contributed by atoms with Crippen LogP contribution in [0, 0.1) is 11.7 Å². The second kappa shape index (κ2) is 8.07. The van der Waals surface area contributed by atoms with Gasteiger partial charge in [-0.3, -0.25) is 9.59 Å². The average molecular weight is 372 g/mol. The van der Waals surface area contributed by atoms with Gasteiger partial charge in [0.1, 0.15) is 23.2 Å². The second-order valence-corrected chi connectivity index (χ2v) is 6.20. The molecule has 1 aliphatic heterocycles. The second-order valence-electron chi connectivity index (χ2n) is 6.20. The van der Waals surface area contributed by atoms with Crippen LogP contribution in [-0.2, 0) is 16.1 Å². The van der Waals surface area contributed by atoms with Crippen LogP contribution in [0.2, 0.25) is 0 Å². The number of nitrogens with one attached hydrogen (secondary N) is 1. The number of rotatable bonds is 6. The molecule has 1 fully saturated rings. The van der Waals surface area contributed by atoms with Crippen molar-refractivity contribution < 1.29 is 23.5 Å². The van der Waals surface area contributed by atoms with Crippen molar-refractivity contribution in [2.75, 3.05) is 25.7 Å². The van der Waals surface area contributed by atoms with Gasteiger partial charge in [-0.25, -0.2) is 4.39 Å². The van der Waals surface area contributed by atoms with Crippen molar-refractivity contribution in [2.45, 2.75) is 13.0 Å². The highest BCUT2D eigenvalue weighted by atomic mass is 19.1. The van der Waals surface area contributed by atoms with E-state index in [-0.39, 0.29) is 24.2 Å². The van der Waals surface area contributed by atoms with E-state index in [9.17, 15) is 14.0 Å². The first-order valence-corrected chi connectivity index (χ1v) is 8.59. The molecule has 0 aromatic heterocycles. The summed E-state index contributed by atoms with van der Waals surface area (Å²) < 4.78 is 23.5. The number of benzene rings is 2. The number of carbonyl (C=O) groups excluding carboxylic acids is 2. The van der Waals surface area contributed by atoms with Gasteiger partial charge in [0.15, 0.2) is 0 Å². The van der Waals surface area contributed by atoms with Crippen molar-refractivity contribution in [2.24, 2.45) is 5.92 Å². The molecule has 0 bridgehead atoms. The third kappa shape index (κ3) is 4.02. The summed E-state index contributed by atoms with van der Waals surface area (Å²) in [4.78, 5) is 26.6. The van der Waals surface area contributed by atoms with E-state index in [0.717, 1.165) is 5.56 Å². The van der Waals surface area contributed by atoms with E-state index >= 15 is 0 Å². The largest absolute Gasteiger partial charge is 0.497 e. The van der Waals surface area contributed by atoms with Gasteiger partial charge in [0.2, 0.25) is 11.8 Å². The van der Waals surface area contributed by atoms with Gasteiger partial charge in [-0.05, 0) is 42.8 Å². The number of anilines is 1. The monoisotopic (exact) mass is 372 g/mol. The predicted octanol–water partition coefficient (Wildman–Crippen LogP) is 2.51. The van der Waals surface area contributed by atoms with E-state index in [0.29, 0.717) is 30.2 Å². The first-order valence-electron chi connectivity index (χ1n) is 8.59. The van der Waals surface area contributed by atoms with Crippen LogP contribution in [0.4, 0.5) is 10.1 Å². The molecule has 0 aliphatic carbocycles. The summed E-state index contributed by atoms with van der Waals surface area (Å²) in [6.07, 6.45) is 0.418. The minimum absolute atomic E-state index is 0.242. The number of ether oxygens (including phenoxy) is 2. The lowest BCUT2D eigenvalue weighted by Gasteiger charge is -2.17. The highest BCUT2D eigenvalue weighted by molar-refractivity contribution is 6.09. The lowest BCUT2D eigenvalue weighted by Crippen LogP contribution is -2.36. The Kier molecular flexibility index (Phi) is 5.59. The van der Waals surface area contributed by atoms with Crippen LogP contribution < -0.4 is 19.7 Å². The summed E-state index contributed by atoms with van der Waals surface area (Å²) in [7, 11) is 3.11. The van der Waals surface area contributed by atoms with E-state index in [1.165, 1.54) is 29.2 Å². The van der Waals surface area contributed by atoms with Crippen LogP contribution in [0.15, 0.2) is 42.5 Å². The fourth-order valence-electron chi connectivity index (χ4n) is 3.10. The van der Waals surface area contributed by atoms with E-state index < -0.39 is 5.92 Å². The highest BCUT2D eigenvalue weighted by Gasteiger charge is 2.37. The van der Waals surface area contributed by atoms with E-state index in [4.69, 9.17) is 9.47 Å². The van der Waals surface area contributed by atoms with Gasteiger partial charge in [0, 0.05) is 30.4 Å². The number of hydrogen-bond donors (Lipinski definition) is 1. The molecule has 2 aromatic carbocycles. The molecule has 2 aromatic rings. The molecule has 0 spiro atoms. The van der Waals surface area contributed by atoms with Gasteiger partial charge in [0.05, 0.1) is 14.2 Å². The summed E-state index contributed by atoms with van der Waals surface area (Å²) in [5, 5.41) is 2.80. The molecule has 1 atom stereocenters. The highest BCUT2D eigenvalue weighted by Crippen LogP contribution is 2.27. The molecule has 1 N–H and O–H groups in total. The topological polar surface area (TPSA) is 67.9 Å². The summed E-state index contributed by atoms with van der Waals surface area (Å²) in [5.41, 5.74) is 1.38. The zero-order chi connectivity index (χ0) is 19.4. The normalized spacial score (nSPS) is 16.3. The lowest BCUT2D eigenvalue weighted by atomic mass is 10.1. The van der Waals surface area contributed by atoms with Crippen LogP contribution in [0.1, 0.15) is 12.0 Å². The standard InChI is InChI=1S/C20H21FN2O4/c1-26-16-8-3-13(18(11-16)27-2)12-22-19(24)17-9-10-23(20(17)25)15-6-4-14(21)5-7-15/h3-8,11,17H,9-10,12H2,1-2H3,(H,22,24). The van der Waals surface area contributed by atoms with Gasteiger partial charge in [-0.1, -0.05) is 0 Å². The molecule has 3 rings (SSSR count). The van der Waals surface area contributed by atoms with Gasteiger partial charge < -0.3 is 19.7 Å². The Balaban J connectivity index is 1.63. The number of hydrogen-bond acceptors (Lipinski definition) is 4. The molecule has 0 saturated carbocycles. The summed E-state index contributed by atoms with van der Waals surface area (Å²) in [6, 6.07) is 11.0. The van der Waals surface area contributed by atoms with Crippen molar-refractivity contribution in [3.05, 3.63) is 53.8 Å². The van der Waals surface area contributed by atoms with Crippen LogP contribution in [0.5, 0.6) is 11.5 Å². The van der Waals surface area contributed by atoms with Crippen LogP contribution in [0.25, 0.3) is 0 Å². The molecule has 6 nitrogen and oxygen atoms in total. The Hall–Kier alpha value is -3.09. The Labute approximate surface area is 156 Å². The minimum Gasteiger partial charge on any atom is -0.497 e. The third-order valence-electron chi connectivity index (χ3n) is 4.61. The summed E-state index contributed by atoms with van der Waals surface area (Å²) in [6.45, 7) is 0.667. The van der Waals surface area contributed by atoms with Gasteiger partial charge in [-0.2, -0.15) is 0 Å². The van der Waals surface area contributed by atoms with Crippen molar-refractivity contribution in [1.29, 1.82) is 0 Å². The maximum absolute atomic E-state index is 13.1. The number of methoxy groups -OCH3 is 2. The van der Waals surface area contributed by atoms with Crippen molar-refractivity contribution >= 4 is 17.5 Å². The Morgan fingerprint density at radius 1 is 1.19 bits per heavy atom. The zero-order valence-electron chi connectivity index (χ0n) is 15.2. The molecule has 1 saturated heterocycles. The molecule has 0 radical (unpaired) electrons. The van der Waals surface area contributed by atoms with Crippen molar-refractivity contribution in [1.82, 2.24) is 5.32 Å². The predicted molar refractivity (Wildman–Crippen MR) is 98.3 cm³/mol. The van der Waals surface area contributed by atoms with Gasteiger partial charge in [-0.15, -0.1) is 0 Å². The molecule has 2 amide bonds. The van der Waals surface area contributed by atoms with E-state index in [1.807, 2.05) is 0 Å². The third-order valence-corrected chi connectivity index (χ3v) is 4.61. The van der Waals surface area contributed by atoms with Crippen LogP contribution in [-0.4, -0.2) is 32.6 Å². The molecular formula is C20H21FN2O4. The SMILES string of the molecule is COc1ccc(CNC(=O)C2CCN(c3ccc(F)cc3)C2=O)c(OC)c1. The smallest absolute Gasteiger partial charge is 0.239 e. The first kappa shape index (κ1) is 18.7. The molecule has 27 heavy (non-hydrogen) atoms. The van der Waals surface area contributed by atoms with E-state index in [2.05, 4.69) is 5.32 Å². The first-order chi connectivity index (χ1) is 13.0. The molecule has 1 aliphatic rings. The number of carbonyl (C=O) groups is 2. The maximum Gasteiger partial charge on any atom is 0.239 e. The lowest BCUT2D eigenvalue weighted by molar-refractivity contribution is -0.132. The van der Waals surface area contributed by atoms with Crippen molar-refractivity contribution in [3.8, 4) is 11.5 Å².